The van der Waals surface area contributed by atoms with E-state index in [-0.39, 0.29) is 5.41 Å². The Bertz CT molecular complexity index is 3170. The summed E-state index contributed by atoms with van der Waals surface area (Å²) in [6.07, 6.45) is 6.30. The zero-order valence-electron chi connectivity index (χ0n) is 33.4. The Balaban J connectivity index is 1.08. The van der Waals surface area contributed by atoms with Gasteiger partial charge in [-0.15, -0.1) is 0 Å². The van der Waals surface area contributed by atoms with Gasteiger partial charge in [0.25, 0.3) is 0 Å². The first-order valence-corrected chi connectivity index (χ1v) is 21.5. The highest BCUT2D eigenvalue weighted by Gasteiger charge is 2.44. The average molecular weight is 767 g/mol. The van der Waals surface area contributed by atoms with E-state index in [1.807, 2.05) is 6.07 Å². The highest BCUT2D eigenvalue weighted by molar-refractivity contribution is 6.21. The van der Waals surface area contributed by atoms with Crippen LogP contribution in [0.2, 0.25) is 0 Å². The number of rotatable bonds is 5. The van der Waals surface area contributed by atoms with Crippen LogP contribution in [0.5, 0.6) is 0 Å². The SMILES string of the molecule is c1ccc(-c2cc(-c3c4ccccc4c(-c4cccc(-c5cccc6c5-c5cc7ccccc7cc5C65CCCCC5)c4)c4ccccc34)nc(-c3ccccc3)n2)cc1. The molecule has 0 aliphatic heterocycles. The van der Waals surface area contributed by atoms with E-state index in [2.05, 4.69) is 188 Å². The molecule has 10 aromatic rings. The minimum Gasteiger partial charge on any atom is -0.228 e. The number of nitrogens with zero attached hydrogens (tertiary/aromatic N) is 2. The molecule has 1 saturated carbocycles. The molecule has 2 aliphatic rings. The van der Waals surface area contributed by atoms with Crippen molar-refractivity contribution < 1.29 is 0 Å². The Morgan fingerprint density at radius 1 is 0.333 bits per heavy atom. The van der Waals surface area contributed by atoms with E-state index in [0.717, 1.165) is 33.9 Å². The number of aromatic nitrogens is 2. The second-order valence-corrected chi connectivity index (χ2v) is 16.7. The lowest BCUT2D eigenvalue weighted by Crippen LogP contribution is -2.28. The molecule has 284 valence electrons. The summed E-state index contributed by atoms with van der Waals surface area (Å²) >= 11 is 0. The first-order chi connectivity index (χ1) is 29.7. The van der Waals surface area contributed by atoms with Crippen molar-refractivity contribution in [3.05, 3.63) is 205 Å². The van der Waals surface area contributed by atoms with Gasteiger partial charge in [0, 0.05) is 22.1 Å². The zero-order chi connectivity index (χ0) is 39.6. The van der Waals surface area contributed by atoms with Crippen molar-refractivity contribution in [2.45, 2.75) is 37.5 Å². The van der Waals surface area contributed by atoms with E-state index < -0.39 is 0 Å². The van der Waals surface area contributed by atoms with Gasteiger partial charge in [-0.3, -0.25) is 0 Å². The molecule has 60 heavy (non-hydrogen) atoms. The van der Waals surface area contributed by atoms with E-state index in [4.69, 9.17) is 9.97 Å². The van der Waals surface area contributed by atoms with Crippen molar-refractivity contribution >= 4 is 32.3 Å². The third-order valence-corrected chi connectivity index (χ3v) is 13.4. The van der Waals surface area contributed by atoms with Crippen LogP contribution in [0, 0.1) is 0 Å². The summed E-state index contributed by atoms with van der Waals surface area (Å²) in [4.78, 5) is 10.5. The molecule has 12 rings (SSSR count). The van der Waals surface area contributed by atoms with Crippen LogP contribution in [0.1, 0.15) is 43.2 Å². The van der Waals surface area contributed by atoms with E-state index in [1.165, 1.54) is 109 Å². The molecule has 0 unspecified atom stereocenters. The first kappa shape index (κ1) is 34.8. The molecule has 1 spiro atoms. The van der Waals surface area contributed by atoms with Crippen molar-refractivity contribution in [1.29, 1.82) is 0 Å². The second kappa shape index (κ2) is 14.0. The third kappa shape index (κ3) is 5.48. The molecule has 9 aromatic carbocycles. The van der Waals surface area contributed by atoms with Crippen molar-refractivity contribution in [3.63, 3.8) is 0 Å². The van der Waals surface area contributed by atoms with Gasteiger partial charge < -0.3 is 0 Å². The summed E-state index contributed by atoms with van der Waals surface area (Å²) in [6, 6.07) is 71.1. The van der Waals surface area contributed by atoms with Crippen LogP contribution in [-0.4, -0.2) is 9.97 Å². The van der Waals surface area contributed by atoms with E-state index >= 15 is 0 Å². The van der Waals surface area contributed by atoms with Crippen molar-refractivity contribution in [1.82, 2.24) is 9.97 Å². The van der Waals surface area contributed by atoms with E-state index in [9.17, 15) is 0 Å². The maximum absolute atomic E-state index is 5.35. The standard InChI is InChI=1S/C58H42N2/c1-4-18-38(19-5-1)52-37-53(60-57(59-52)39-20-6-2-7-21-39)56-47-28-12-10-26-45(47)54(46-27-11-13-29-48(46)56)43-25-16-24-42(34-43)44-30-17-31-50-55(44)49-35-40-22-8-9-23-41(40)36-51(49)58(50)32-14-3-15-33-58/h1-2,4-13,16-31,34-37H,3,14-15,32-33H2. The number of benzene rings is 9. The van der Waals surface area contributed by atoms with Gasteiger partial charge in [-0.2, -0.15) is 0 Å². The average Bonchev–Trinajstić information content (AvgIpc) is 3.57. The molecule has 2 nitrogen and oxygen atoms in total. The fourth-order valence-corrected chi connectivity index (χ4v) is 10.8. The van der Waals surface area contributed by atoms with Gasteiger partial charge in [0.15, 0.2) is 5.82 Å². The number of hydrogen-bond acceptors (Lipinski definition) is 2. The first-order valence-electron chi connectivity index (χ1n) is 21.5. The monoisotopic (exact) mass is 766 g/mol. The van der Waals surface area contributed by atoms with Crippen LogP contribution in [0.3, 0.4) is 0 Å². The smallest absolute Gasteiger partial charge is 0.160 e. The molecule has 2 heteroatoms. The van der Waals surface area contributed by atoms with Gasteiger partial charge in [-0.05, 0) is 114 Å². The van der Waals surface area contributed by atoms with Gasteiger partial charge in [0.1, 0.15) is 0 Å². The van der Waals surface area contributed by atoms with Gasteiger partial charge in [0.05, 0.1) is 11.4 Å². The second-order valence-electron chi connectivity index (χ2n) is 16.7. The largest absolute Gasteiger partial charge is 0.228 e. The fourth-order valence-electron chi connectivity index (χ4n) is 10.8. The predicted molar refractivity (Wildman–Crippen MR) is 251 cm³/mol. The molecule has 0 amide bonds. The molecule has 1 aromatic heterocycles. The molecule has 0 radical (unpaired) electrons. The maximum Gasteiger partial charge on any atom is 0.160 e. The normalized spacial score (nSPS) is 14.1. The van der Waals surface area contributed by atoms with E-state index in [1.54, 1.807) is 0 Å². The predicted octanol–water partition coefficient (Wildman–Crippen LogP) is 15.5. The van der Waals surface area contributed by atoms with Crippen LogP contribution in [-0.2, 0) is 5.41 Å². The lowest BCUT2D eigenvalue weighted by molar-refractivity contribution is 0.353. The van der Waals surface area contributed by atoms with Gasteiger partial charge in [-0.1, -0.05) is 189 Å². The van der Waals surface area contributed by atoms with Crippen LogP contribution in [0.4, 0.5) is 0 Å². The number of hydrogen-bond donors (Lipinski definition) is 0. The van der Waals surface area contributed by atoms with Crippen LogP contribution in [0.15, 0.2) is 194 Å². The number of fused-ring (bicyclic) bond motifs is 8. The van der Waals surface area contributed by atoms with Crippen molar-refractivity contribution in [2.75, 3.05) is 0 Å². The summed E-state index contributed by atoms with van der Waals surface area (Å²) in [7, 11) is 0. The summed E-state index contributed by atoms with van der Waals surface area (Å²) in [5, 5.41) is 7.42. The Morgan fingerprint density at radius 2 is 0.883 bits per heavy atom. The molecule has 0 saturated heterocycles. The summed E-state index contributed by atoms with van der Waals surface area (Å²) in [6.45, 7) is 0. The minimum absolute atomic E-state index is 0.0740. The maximum atomic E-state index is 5.35. The Kier molecular flexibility index (Phi) is 8.13. The fraction of sp³-hybridized carbons (Fsp3) is 0.103. The van der Waals surface area contributed by atoms with Crippen molar-refractivity contribution in [3.8, 4) is 67.3 Å². The summed E-state index contributed by atoms with van der Waals surface area (Å²) in [5.74, 6) is 0.719. The van der Waals surface area contributed by atoms with Gasteiger partial charge in [-0.25, -0.2) is 9.97 Å². The summed E-state index contributed by atoms with van der Waals surface area (Å²) < 4.78 is 0. The Morgan fingerprint density at radius 3 is 1.58 bits per heavy atom. The third-order valence-electron chi connectivity index (χ3n) is 13.4. The Labute approximate surface area is 350 Å². The lowest BCUT2D eigenvalue weighted by Gasteiger charge is -2.36. The quantitative estimate of drug-likeness (QED) is 0.163. The van der Waals surface area contributed by atoms with E-state index in [0.29, 0.717) is 0 Å². The minimum atomic E-state index is 0.0740. The molecule has 1 heterocycles. The molecule has 2 aliphatic carbocycles. The molecular formula is C58H42N2. The topological polar surface area (TPSA) is 25.8 Å². The lowest BCUT2D eigenvalue weighted by atomic mass is 9.67. The zero-order valence-corrected chi connectivity index (χ0v) is 33.4. The molecule has 1 fully saturated rings. The summed E-state index contributed by atoms with van der Waals surface area (Å²) in [5.41, 5.74) is 16.0. The van der Waals surface area contributed by atoms with Crippen LogP contribution in [0.25, 0.3) is 99.6 Å². The Hall–Kier alpha value is -7.16. The van der Waals surface area contributed by atoms with Crippen LogP contribution >= 0.6 is 0 Å². The van der Waals surface area contributed by atoms with Gasteiger partial charge in [0.2, 0.25) is 0 Å². The molecular weight excluding hydrogens is 725 g/mol. The van der Waals surface area contributed by atoms with Crippen LogP contribution < -0.4 is 0 Å². The van der Waals surface area contributed by atoms with Gasteiger partial charge >= 0.3 is 0 Å². The highest BCUT2D eigenvalue weighted by Crippen LogP contribution is 2.59. The molecule has 0 N–H and O–H groups in total. The van der Waals surface area contributed by atoms with Crippen molar-refractivity contribution in [2.24, 2.45) is 0 Å². The molecule has 0 atom stereocenters. The highest BCUT2D eigenvalue weighted by atomic mass is 14.9. The molecule has 0 bridgehead atoms.